The fourth-order valence-electron chi connectivity index (χ4n) is 0.660. The molecule has 0 radical (unpaired) electrons. The standard InChI is InChI=1S/C7H4BrF3S/c8-2-1-5-3-6(12-4-5)7(9,10)11/h1-4H/b2-1+. The molecule has 0 saturated carbocycles. The third-order valence-electron chi connectivity index (χ3n) is 1.15. The lowest BCUT2D eigenvalue weighted by atomic mass is 10.3. The first-order valence-electron chi connectivity index (χ1n) is 2.96. The number of alkyl halides is 3. The van der Waals surface area contributed by atoms with Crippen LogP contribution in [0, 0.1) is 0 Å². The fourth-order valence-corrected chi connectivity index (χ4v) is 1.71. The van der Waals surface area contributed by atoms with E-state index < -0.39 is 11.1 Å². The van der Waals surface area contributed by atoms with Crippen LogP contribution in [0.3, 0.4) is 0 Å². The monoisotopic (exact) mass is 256 g/mol. The number of halogens is 4. The van der Waals surface area contributed by atoms with Crippen LogP contribution in [-0.2, 0) is 6.18 Å². The minimum absolute atomic E-state index is 0.559. The maximum atomic E-state index is 12.0. The molecule has 1 aromatic rings. The first-order valence-corrected chi connectivity index (χ1v) is 4.76. The number of hydrogen-bond acceptors (Lipinski definition) is 1. The van der Waals surface area contributed by atoms with Crippen LogP contribution in [0.2, 0.25) is 0 Å². The molecule has 0 fully saturated rings. The second kappa shape index (κ2) is 3.62. The van der Waals surface area contributed by atoms with E-state index in [9.17, 15) is 13.2 Å². The highest BCUT2D eigenvalue weighted by molar-refractivity contribution is 9.11. The van der Waals surface area contributed by atoms with Gasteiger partial charge >= 0.3 is 6.18 Å². The van der Waals surface area contributed by atoms with Gasteiger partial charge in [0, 0.05) is 0 Å². The summed E-state index contributed by atoms with van der Waals surface area (Å²) < 4.78 is 36.0. The Labute approximate surface area is 79.8 Å². The van der Waals surface area contributed by atoms with Crippen LogP contribution in [0.5, 0.6) is 0 Å². The van der Waals surface area contributed by atoms with E-state index >= 15 is 0 Å². The summed E-state index contributed by atoms with van der Waals surface area (Å²) in [4.78, 5) is 0.956. The summed E-state index contributed by atoms with van der Waals surface area (Å²) in [5.41, 5.74) is 0.559. The predicted octanol–water partition coefficient (Wildman–Crippen LogP) is 4.13. The molecule has 0 nitrogen and oxygen atoms in total. The van der Waals surface area contributed by atoms with Gasteiger partial charge in [-0.05, 0) is 28.1 Å². The second-order valence-corrected chi connectivity index (χ2v) is 3.47. The van der Waals surface area contributed by atoms with E-state index in [1.165, 1.54) is 10.4 Å². The highest BCUT2D eigenvalue weighted by Crippen LogP contribution is 2.34. The quantitative estimate of drug-likeness (QED) is 0.709. The van der Waals surface area contributed by atoms with Gasteiger partial charge < -0.3 is 0 Å². The first-order chi connectivity index (χ1) is 5.54. The van der Waals surface area contributed by atoms with Crippen molar-refractivity contribution in [3.05, 3.63) is 26.9 Å². The van der Waals surface area contributed by atoms with E-state index in [0.717, 1.165) is 6.07 Å². The first kappa shape index (κ1) is 9.80. The number of hydrogen-bond donors (Lipinski definition) is 0. The van der Waals surface area contributed by atoms with Crippen molar-refractivity contribution in [2.45, 2.75) is 6.18 Å². The third-order valence-corrected chi connectivity index (χ3v) is 2.41. The Kier molecular flexibility index (Phi) is 2.95. The summed E-state index contributed by atoms with van der Waals surface area (Å²) >= 11 is 3.69. The molecule has 0 unspecified atom stereocenters. The molecule has 0 atom stereocenters. The van der Waals surface area contributed by atoms with Crippen molar-refractivity contribution < 1.29 is 13.2 Å². The van der Waals surface area contributed by atoms with Crippen LogP contribution in [0.25, 0.3) is 6.08 Å². The van der Waals surface area contributed by atoms with Gasteiger partial charge in [-0.3, -0.25) is 0 Å². The van der Waals surface area contributed by atoms with Crippen LogP contribution in [0.4, 0.5) is 13.2 Å². The molecular formula is C7H4BrF3S. The van der Waals surface area contributed by atoms with Crippen molar-refractivity contribution in [2.75, 3.05) is 0 Å². The van der Waals surface area contributed by atoms with Crippen LogP contribution in [0.1, 0.15) is 10.4 Å². The Balaban J connectivity index is 2.92. The maximum absolute atomic E-state index is 12.0. The second-order valence-electron chi connectivity index (χ2n) is 2.03. The smallest absolute Gasteiger partial charge is 0.165 e. The van der Waals surface area contributed by atoms with E-state index in [1.54, 1.807) is 6.08 Å². The maximum Gasteiger partial charge on any atom is 0.425 e. The molecule has 12 heavy (non-hydrogen) atoms. The Morgan fingerprint density at radius 1 is 1.42 bits per heavy atom. The van der Waals surface area contributed by atoms with Crippen molar-refractivity contribution in [3.63, 3.8) is 0 Å². The largest absolute Gasteiger partial charge is 0.425 e. The summed E-state index contributed by atoms with van der Waals surface area (Å²) in [5, 5.41) is 1.46. The molecule has 0 amide bonds. The highest BCUT2D eigenvalue weighted by atomic mass is 79.9. The highest BCUT2D eigenvalue weighted by Gasteiger charge is 2.31. The molecule has 5 heteroatoms. The van der Waals surface area contributed by atoms with E-state index in [0.29, 0.717) is 16.9 Å². The van der Waals surface area contributed by atoms with Gasteiger partial charge in [0.2, 0.25) is 0 Å². The molecule has 0 aromatic carbocycles. The molecule has 0 spiro atoms. The normalized spacial score (nSPS) is 12.7. The zero-order valence-corrected chi connectivity index (χ0v) is 8.13. The van der Waals surface area contributed by atoms with Crippen molar-refractivity contribution in [1.29, 1.82) is 0 Å². The van der Waals surface area contributed by atoms with Gasteiger partial charge in [-0.15, -0.1) is 11.3 Å². The Hall–Kier alpha value is -0.290. The lowest BCUT2D eigenvalue weighted by molar-refractivity contribution is -0.134. The molecule has 0 N–H and O–H groups in total. The van der Waals surface area contributed by atoms with E-state index in [-0.39, 0.29) is 0 Å². The summed E-state index contributed by atoms with van der Waals surface area (Å²) in [5.74, 6) is 0. The summed E-state index contributed by atoms with van der Waals surface area (Å²) in [6, 6.07) is 1.11. The van der Waals surface area contributed by atoms with Gasteiger partial charge in [-0.25, -0.2) is 0 Å². The Morgan fingerprint density at radius 2 is 2.08 bits per heavy atom. The van der Waals surface area contributed by atoms with Gasteiger partial charge in [0.15, 0.2) is 0 Å². The minimum Gasteiger partial charge on any atom is -0.165 e. The van der Waals surface area contributed by atoms with Gasteiger partial charge in [0.05, 0.1) is 0 Å². The molecule has 0 aliphatic rings. The van der Waals surface area contributed by atoms with Gasteiger partial charge in [-0.1, -0.05) is 15.9 Å². The van der Waals surface area contributed by atoms with Gasteiger partial charge in [0.25, 0.3) is 0 Å². The molecule has 1 rings (SSSR count). The Bertz CT molecular complexity index is 287. The molecule has 1 aromatic heterocycles. The SMILES string of the molecule is FC(F)(F)c1cc(/C=C/Br)cs1. The topological polar surface area (TPSA) is 0 Å². The van der Waals surface area contributed by atoms with Crippen LogP contribution < -0.4 is 0 Å². The minimum atomic E-state index is -4.22. The fraction of sp³-hybridized carbons (Fsp3) is 0.143. The molecule has 0 saturated heterocycles. The zero-order chi connectivity index (χ0) is 9.19. The van der Waals surface area contributed by atoms with Gasteiger partial charge in [0.1, 0.15) is 4.88 Å². The van der Waals surface area contributed by atoms with Crippen molar-refractivity contribution in [3.8, 4) is 0 Å². The summed E-state index contributed by atoms with van der Waals surface area (Å²) in [7, 11) is 0. The lowest BCUT2D eigenvalue weighted by Gasteiger charge is -1.99. The summed E-state index contributed by atoms with van der Waals surface area (Å²) in [6.45, 7) is 0. The van der Waals surface area contributed by atoms with Crippen molar-refractivity contribution in [1.82, 2.24) is 0 Å². The number of rotatable bonds is 1. The van der Waals surface area contributed by atoms with E-state index in [1.807, 2.05) is 0 Å². The zero-order valence-electron chi connectivity index (χ0n) is 5.73. The van der Waals surface area contributed by atoms with Crippen molar-refractivity contribution in [2.24, 2.45) is 0 Å². The predicted molar refractivity (Wildman–Crippen MR) is 47.3 cm³/mol. The average molecular weight is 257 g/mol. The number of thiophene rings is 1. The summed E-state index contributed by atoms with van der Waals surface area (Å²) in [6.07, 6.45) is -2.66. The molecule has 0 bridgehead atoms. The lowest BCUT2D eigenvalue weighted by Crippen LogP contribution is -2.00. The average Bonchev–Trinajstić information content (AvgIpc) is 2.35. The van der Waals surface area contributed by atoms with Crippen LogP contribution >= 0.6 is 27.3 Å². The Morgan fingerprint density at radius 3 is 2.50 bits per heavy atom. The third kappa shape index (κ3) is 2.35. The van der Waals surface area contributed by atoms with Crippen molar-refractivity contribution >= 4 is 33.3 Å². The van der Waals surface area contributed by atoms with E-state index in [2.05, 4.69) is 15.9 Å². The van der Waals surface area contributed by atoms with E-state index in [4.69, 9.17) is 0 Å². The van der Waals surface area contributed by atoms with Crippen LogP contribution in [0.15, 0.2) is 16.4 Å². The van der Waals surface area contributed by atoms with Crippen LogP contribution in [-0.4, -0.2) is 0 Å². The van der Waals surface area contributed by atoms with Gasteiger partial charge in [-0.2, -0.15) is 13.2 Å². The molecule has 66 valence electrons. The molecule has 0 aliphatic heterocycles. The molecule has 0 aliphatic carbocycles. The molecule has 1 heterocycles. The molecular weight excluding hydrogens is 253 g/mol.